The number of ether oxygens (including phenoxy) is 1. The molecule has 32 heavy (non-hydrogen) atoms. The van der Waals surface area contributed by atoms with E-state index in [1.54, 1.807) is 37.9 Å². The van der Waals surface area contributed by atoms with Crippen LogP contribution in [0, 0.1) is 23.7 Å². The van der Waals surface area contributed by atoms with Gasteiger partial charge in [-0.1, -0.05) is 39.5 Å². The second-order valence-corrected chi connectivity index (χ2v) is 10.8. The Morgan fingerprint density at radius 2 is 2.03 bits per heavy atom. The molecule has 1 aromatic carbocycles. The summed E-state index contributed by atoms with van der Waals surface area (Å²) in [5, 5.41) is 9.71. The summed E-state index contributed by atoms with van der Waals surface area (Å²) in [6, 6.07) is 4.28. The van der Waals surface area contributed by atoms with Crippen molar-refractivity contribution in [2.75, 3.05) is 26.7 Å². The number of aliphatic hydroxyl groups excluding tert-OH is 1. The van der Waals surface area contributed by atoms with Crippen LogP contribution in [-0.4, -0.2) is 67.5 Å². The summed E-state index contributed by atoms with van der Waals surface area (Å²) in [6.45, 7) is 9.77. The van der Waals surface area contributed by atoms with Crippen LogP contribution < -0.4 is 4.74 Å². The number of benzene rings is 1. The minimum atomic E-state index is -3.89. The number of hydrogen-bond donors (Lipinski definition) is 1. The molecule has 0 aliphatic carbocycles. The zero-order chi connectivity index (χ0) is 24.1. The average molecular weight is 465 g/mol. The number of sulfonamides is 1. The molecule has 1 N–H and O–H groups in total. The van der Waals surface area contributed by atoms with E-state index in [1.807, 2.05) is 6.92 Å². The van der Waals surface area contributed by atoms with Crippen molar-refractivity contribution in [2.24, 2.45) is 11.8 Å². The van der Waals surface area contributed by atoms with Gasteiger partial charge in [-0.05, 0) is 31.0 Å². The van der Waals surface area contributed by atoms with Crippen LogP contribution in [0.3, 0.4) is 0 Å². The van der Waals surface area contributed by atoms with Gasteiger partial charge in [-0.15, -0.1) is 0 Å². The third kappa shape index (κ3) is 6.25. The Bertz CT molecular complexity index is 964. The molecule has 0 saturated carbocycles. The van der Waals surface area contributed by atoms with Gasteiger partial charge >= 0.3 is 0 Å². The minimum absolute atomic E-state index is 0.00964. The fraction of sp³-hybridized carbons (Fsp3) is 0.625. The smallest absolute Gasteiger partial charge is 0.247 e. The van der Waals surface area contributed by atoms with Crippen molar-refractivity contribution in [1.82, 2.24) is 9.21 Å². The quantitative estimate of drug-likeness (QED) is 0.654. The molecule has 1 heterocycles. The number of likely N-dealkylation sites (N-methyl/N-ethyl adjacent to an activating group) is 1. The Balaban J connectivity index is 2.55. The van der Waals surface area contributed by atoms with Gasteiger partial charge in [0.25, 0.3) is 0 Å². The van der Waals surface area contributed by atoms with Crippen molar-refractivity contribution in [2.45, 2.75) is 64.5 Å². The highest BCUT2D eigenvalue weighted by atomic mass is 32.2. The van der Waals surface area contributed by atoms with Gasteiger partial charge in [0.05, 0.1) is 13.2 Å². The lowest BCUT2D eigenvalue weighted by Crippen LogP contribution is -2.50. The van der Waals surface area contributed by atoms with Gasteiger partial charge < -0.3 is 14.7 Å². The van der Waals surface area contributed by atoms with E-state index in [2.05, 4.69) is 25.7 Å². The minimum Gasteiger partial charge on any atom is -0.487 e. The molecule has 0 radical (unpaired) electrons. The zero-order valence-corrected chi connectivity index (χ0v) is 20.8. The monoisotopic (exact) mass is 464 g/mol. The molecule has 0 bridgehead atoms. The number of carbonyl (C=O) groups is 1. The van der Waals surface area contributed by atoms with Crippen molar-refractivity contribution in [3.05, 3.63) is 23.8 Å². The first-order chi connectivity index (χ1) is 15.0. The van der Waals surface area contributed by atoms with Crippen molar-refractivity contribution in [1.29, 1.82) is 0 Å². The number of carbonyl (C=O) groups excluding carboxylic acids is 1. The maximum Gasteiger partial charge on any atom is 0.247 e. The number of amides is 1. The molecule has 1 aliphatic heterocycles. The number of fused-ring (bicyclic) bond motifs is 1. The lowest BCUT2D eigenvalue weighted by Gasteiger charge is -2.37. The molecule has 0 aromatic heterocycles. The summed E-state index contributed by atoms with van der Waals surface area (Å²) in [5.74, 6) is 6.65. The highest BCUT2D eigenvalue weighted by Crippen LogP contribution is 2.34. The lowest BCUT2D eigenvalue weighted by molar-refractivity contribution is -0.131. The number of aliphatic hydroxyl groups is 1. The molecule has 178 valence electrons. The molecule has 1 aromatic rings. The Morgan fingerprint density at radius 1 is 1.34 bits per heavy atom. The molecule has 1 aliphatic rings. The van der Waals surface area contributed by atoms with Crippen LogP contribution in [0.15, 0.2) is 23.1 Å². The summed E-state index contributed by atoms with van der Waals surface area (Å²) in [7, 11) is -2.17. The molecule has 8 heteroatoms. The maximum atomic E-state index is 13.5. The fourth-order valence-corrected chi connectivity index (χ4v) is 5.35. The largest absolute Gasteiger partial charge is 0.487 e. The molecule has 0 unspecified atom stereocenters. The van der Waals surface area contributed by atoms with Gasteiger partial charge in [0.2, 0.25) is 15.9 Å². The predicted molar refractivity (Wildman–Crippen MR) is 125 cm³/mol. The predicted octanol–water partition coefficient (Wildman–Crippen LogP) is 2.72. The van der Waals surface area contributed by atoms with Crippen molar-refractivity contribution < 1.29 is 23.1 Å². The number of rotatable bonds is 6. The Morgan fingerprint density at radius 3 is 2.62 bits per heavy atom. The van der Waals surface area contributed by atoms with E-state index < -0.39 is 22.2 Å². The molecule has 7 nitrogen and oxygen atoms in total. The molecule has 2 rings (SSSR count). The van der Waals surface area contributed by atoms with Gasteiger partial charge in [-0.25, -0.2) is 8.42 Å². The van der Waals surface area contributed by atoms with Crippen molar-refractivity contribution in [3.63, 3.8) is 0 Å². The fourth-order valence-electron chi connectivity index (χ4n) is 3.52. The van der Waals surface area contributed by atoms with Crippen LogP contribution in [0.2, 0.25) is 0 Å². The van der Waals surface area contributed by atoms with E-state index in [0.29, 0.717) is 24.4 Å². The van der Waals surface area contributed by atoms with Crippen LogP contribution in [0.4, 0.5) is 0 Å². The SMILES string of the molecule is CCC(=O)N(C)C[C@@H]1Oc2cc(C#CCC(C)C)ccc2S(=O)(=O)N([C@@H](C)CO)C[C@H]1C. The molecule has 0 fully saturated rings. The van der Waals surface area contributed by atoms with Gasteiger partial charge in [0.15, 0.2) is 0 Å². The van der Waals surface area contributed by atoms with Gasteiger partial charge in [-0.2, -0.15) is 4.31 Å². The van der Waals surface area contributed by atoms with Gasteiger partial charge in [0.1, 0.15) is 16.7 Å². The molecular formula is C24H36N2O5S. The maximum absolute atomic E-state index is 13.5. The van der Waals surface area contributed by atoms with Gasteiger partial charge in [-0.3, -0.25) is 4.79 Å². The van der Waals surface area contributed by atoms with Crippen LogP contribution >= 0.6 is 0 Å². The summed E-state index contributed by atoms with van der Waals surface area (Å²) >= 11 is 0. The Hall–Kier alpha value is -2.08. The molecule has 0 spiro atoms. The van der Waals surface area contributed by atoms with E-state index >= 15 is 0 Å². The Labute approximate surface area is 192 Å². The van der Waals surface area contributed by atoms with E-state index in [9.17, 15) is 18.3 Å². The van der Waals surface area contributed by atoms with Crippen molar-refractivity contribution in [3.8, 4) is 17.6 Å². The number of hydrogen-bond acceptors (Lipinski definition) is 5. The van der Waals surface area contributed by atoms with E-state index in [-0.39, 0.29) is 35.6 Å². The summed E-state index contributed by atoms with van der Waals surface area (Å²) in [6.07, 6.45) is 0.699. The van der Waals surface area contributed by atoms with E-state index in [4.69, 9.17) is 4.74 Å². The topological polar surface area (TPSA) is 87.2 Å². The highest BCUT2D eigenvalue weighted by molar-refractivity contribution is 7.89. The first kappa shape index (κ1) is 26.2. The summed E-state index contributed by atoms with van der Waals surface area (Å²) in [5.41, 5.74) is 0.673. The second kappa shape index (κ2) is 11.2. The summed E-state index contributed by atoms with van der Waals surface area (Å²) in [4.78, 5) is 13.8. The first-order valence-electron chi connectivity index (χ1n) is 11.2. The lowest BCUT2D eigenvalue weighted by atomic mass is 10.0. The van der Waals surface area contributed by atoms with E-state index in [0.717, 1.165) is 6.42 Å². The molecule has 1 amide bonds. The molecule has 3 atom stereocenters. The van der Waals surface area contributed by atoms with E-state index in [1.165, 1.54) is 10.4 Å². The van der Waals surface area contributed by atoms with Crippen LogP contribution in [0.25, 0.3) is 0 Å². The normalized spacial score (nSPS) is 21.4. The third-order valence-electron chi connectivity index (χ3n) is 5.59. The Kier molecular flexibility index (Phi) is 9.14. The average Bonchev–Trinajstić information content (AvgIpc) is 2.74. The summed E-state index contributed by atoms with van der Waals surface area (Å²) < 4.78 is 34.5. The van der Waals surface area contributed by atoms with Crippen LogP contribution in [-0.2, 0) is 14.8 Å². The molecular weight excluding hydrogens is 428 g/mol. The number of nitrogens with zero attached hydrogens (tertiary/aromatic N) is 2. The third-order valence-corrected chi connectivity index (χ3v) is 7.61. The highest BCUT2D eigenvalue weighted by Gasteiger charge is 2.38. The second-order valence-electron chi connectivity index (χ2n) is 8.93. The molecule has 0 saturated heterocycles. The van der Waals surface area contributed by atoms with Crippen LogP contribution in [0.5, 0.6) is 5.75 Å². The zero-order valence-electron chi connectivity index (χ0n) is 20.0. The van der Waals surface area contributed by atoms with Gasteiger partial charge in [0, 0.05) is 44.0 Å². The first-order valence-corrected chi connectivity index (χ1v) is 12.6. The van der Waals surface area contributed by atoms with Crippen molar-refractivity contribution >= 4 is 15.9 Å². The van der Waals surface area contributed by atoms with Crippen LogP contribution in [0.1, 0.15) is 53.0 Å². The standard InChI is InChI=1S/C24H36N2O5S/c1-7-24(28)25(6)15-22-18(4)14-26(19(5)16-27)32(29,30)23-12-11-20(13-21(23)31-22)10-8-9-17(2)3/h11-13,17-19,22,27H,7,9,14-16H2,1-6H3/t18-,19+,22+/m1/s1.